The van der Waals surface area contributed by atoms with Gasteiger partial charge in [0.1, 0.15) is 12.5 Å². The van der Waals surface area contributed by atoms with Crippen molar-refractivity contribution in [3.63, 3.8) is 0 Å². The number of carbonyl (C=O) groups excluding carboxylic acids is 1. The Balaban J connectivity index is 0.00000620. The van der Waals surface area contributed by atoms with Crippen molar-refractivity contribution in [3.8, 4) is 23.0 Å². The van der Waals surface area contributed by atoms with E-state index in [0.717, 1.165) is 18.2 Å². The fourth-order valence-electron chi connectivity index (χ4n) is 3.01. The fourth-order valence-corrected chi connectivity index (χ4v) is 3.19. The molecule has 1 aliphatic rings. The fraction of sp³-hybridized carbons (Fsp3) is 0.304. The molecule has 19 heteroatoms. The summed E-state index contributed by atoms with van der Waals surface area (Å²) in [6, 6.07) is 2.95. The summed E-state index contributed by atoms with van der Waals surface area (Å²) in [4.78, 5) is 47.1. The first kappa shape index (κ1) is 17.3. The first-order valence-electron chi connectivity index (χ1n) is 19.0. The number of hydrogen-bond donors (Lipinski definition) is 2. The topological polar surface area (TPSA) is 192 Å². The molecule has 3 heterocycles. The van der Waals surface area contributed by atoms with Crippen LogP contribution in [0.15, 0.2) is 30.4 Å². The summed E-state index contributed by atoms with van der Waals surface area (Å²) < 4.78 is 188. The van der Waals surface area contributed by atoms with Crippen molar-refractivity contribution >= 4 is 42.8 Å². The minimum absolute atomic E-state index is 0. The quantitative estimate of drug-likeness (QED) is 0.160. The van der Waals surface area contributed by atoms with E-state index in [1.165, 1.54) is 0 Å². The first-order chi connectivity index (χ1) is 25.9. The van der Waals surface area contributed by atoms with E-state index in [0.29, 0.717) is 6.07 Å². The summed E-state index contributed by atoms with van der Waals surface area (Å²) in [6.45, 7) is -12.1. The average Bonchev–Trinajstić information content (AvgIpc) is 2.96. The van der Waals surface area contributed by atoms with Crippen molar-refractivity contribution < 1.29 is 131 Å². The maximum Gasteiger partial charge on any atom is 1.00 e. The van der Waals surface area contributed by atoms with Gasteiger partial charge in [-0.15, -0.1) is 0 Å². The Morgan fingerprint density at radius 3 is 2.45 bits per heavy atom. The number of carbonyl (C=O) groups is 1. The van der Waals surface area contributed by atoms with Gasteiger partial charge in [0, 0.05) is 26.0 Å². The van der Waals surface area contributed by atoms with Gasteiger partial charge in [0.05, 0.1) is 51.6 Å². The van der Waals surface area contributed by atoms with Crippen LogP contribution < -0.4 is 103 Å². The van der Waals surface area contributed by atoms with Crippen LogP contribution in [0.25, 0.3) is 0 Å². The Labute approximate surface area is 309 Å². The number of anilines is 5. The number of fused-ring (bicyclic) bond motifs is 1. The van der Waals surface area contributed by atoms with Crippen molar-refractivity contribution in [1.29, 1.82) is 0 Å². The van der Waals surface area contributed by atoms with Gasteiger partial charge >= 0.3 is 59.1 Å². The molecular formula is C23H24FN6Na2O9P. The molecule has 0 atom stereocenters. The molecule has 0 fully saturated rings. The van der Waals surface area contributed by atoms with E-state index in [4.69, 9.17) is 43.6 Å². The van der Waals surface area contributed by atoms with Gasteiger partial charge in [-0.1, -0.05) is 0 Å². The molecule has 1 amide bonds. The maximum absolute atomic E-state index is 15.3. The number of ether oxygens (including phenoxy) is 4. The predicted octanol–water partition coefficient (Wildman–Crippen LogP) is -4.16. The van der Waals surface area contributed by atoms with Crippen molar-refractivity contribution in [2.45, 2.75) is 19.3 Å². The van der Waals surface area contributed by atoms with Gasteiger partial charge in [-0.25, -0.2) is 14.4 Å². The van der Waals surface area contributed by atoms with Crippen LogP contribution in [0.4, 0.5) is 33.5 Å². The van der Waals surface area contributed by atoms with E-state index < -0.39 is 130 Å². The van der Waals surface area contributed by atoms with Crippen LogP contribution in [0.5, 0.6) is 23.0 Å². The molecule has 0 aliphatic carbocycles. The molecule has 2 N–H and O–H groups in total. The van der Waals surface area contributed by atoms with Crippen LogP contribution in [0.3, 0.4) is 0 Å². The molecular weight excluding hydrogens is 600 g/mol. The third-order valence-electron chi connectivity index (χ3n) is 4.59. The van der Waals surface area contributed by atoms with E-state index in [-0.39, 0.29) is 59.1 Å². The van der Waals surface area contributed by atoms with Gasteiger partial charge in [-0.3, -0.25) is 9.69 Å². The molecule has 0 unspecified atom stereocenters. The summed E-state index contributed by atoms with van der Waals surface area (Å²) in [5.41, 5.74) is -4.40. The smallest absolute Gasteiger partial charge is 0.790 e. The third-order valence-corrected chi connectivity index (χ3v) is 4.90. The number of phosphoric ester groups is 1. The molecule has 15 nitrogen and oxygen atoms in total. The number of halogens is 1. The maximum atomic E-state index is 15.3. The van der Waals surface area contributed by atoms with Gasteiger partial charge in [0.25, 0.3) is 5.91 Å². The molecule has 1 aliphatic heterocycles. The number of nitrogens with one attached hydrogen (secondary N) is 2. The SMILES string of the molecule is [2H]c1nc(Nc2cc(OC([2H])([2H])[2H])c(OC([2H])([2H])[2H])c(OC([2H])([2H])[2H])c2)nc(Nc2ccc3c(n2)N(C([2H])([2H])OP(=O)([O-])[O-])C(=O)C(C([2H])([2H])[2H])(C([2H])([2H])[2H])O3)c1F.[Na+].[Na+]. The Morgan fingerprint density at radius 1 is 1.14 bits per heavy atom. The summed E-state index contributed by atoms with van der Waals surface area (Å²) in [5.74, 6) is -11.5. The predicted molar refractivity (Wildman–Crippen MR) is 135 cm³/mol. The molecule has 0 spiro atoms. The Hall–Kier alpha value is -2.24. The Morgan fingerprint density at radius 2 is 1.83 bits per heavy atom. The van der Waals surface area contributed by atoms with Gasteiger partial charge in [-0.05, 0) is 25.8 Å². The largest absolute Gasteiger partial charge is 1.00 e. The van der Waals surface area contributed by atoms with Crippen LogP contribution in [-0.2, 0) is 13.9 Å². The van der Waals surface area contributed by atoms with Crippen molar-refractivity contribution in [3.05, 3.63) is 36.3 Å². The van der Waals surface area contributed by atoms with Crippen LogP contribution in [0.1, 0.15) is 38.4 Å². The Bertz CT molecular complexity index is 2090. The molecule has 3 aromatic rings. The number of rotatable bonds is 10. The molecule has 0 bridgehead atoms. The third kappa shape index (κ3) is 8.23. The van der Waals surface area contributed by atoms with Crippen molar-refractivity contribution in [2.75, 3.05) is 43.3 Å². The number of methoxy groups -OCH3 is 3. The van der Waals surface area contributed by atoms with Crippen LogP contribution in [0, 0.1) is 5.82 Å². The molecule has 42 heavy (non-hydrogen) atoms. The molecule has 0 saturated carbocycles. The number of hydrogen-bond acceptors (Lipinski definition) is 14. The van der Waals surface area contributed by atoms with E-state index in [1.807, 2.05) is 0 Å². The van der Waals surface area contributed by atoms with Crippen LogP contribution in [0.2, 0.25) is 0 Å². The number of phosphoric acid groups is 1. The molecule has 4 rings (SSSR count). The zero-order valence-corrected chi connectivity index (χ0v) is 26.0. The summed E-state index contributed by atoms with van der Waals surface area (Å²) in [5, 5.41) is 4.55. The Kier molecular flexibility index (Phi) is 5.97. The number of amides is 1. The van der Waals surface area contributed by atoms with E-state index >= 15 is 4.39 Å². The standard InChI is InChI=1S/C23H26FN6O9P.2Na/c1-23(2)21(31)30(11-38-40(32,33)34)20-14(39-23)6-7-17(28-20)27-19-13(24)10-25-22(29-19)26-12-8-15(35-3)18(37-5)16(9-12)36-4;;/h6-10H,11H2,1-5H3,(H2,32,33,34)(H2,25,26,27,28,29);;/q;2*+1/p-2/i1D3,2D3,3D3,4D3,5D3,10D,11D2;;. The van der Waals surface area contributed by atoms with Crippen LogP contribution >= 0.6 is 7.82 Å². The molecule has 0 radical (unpaired) electrons. The van der Waals surface area contributed by atoms with Crippen molar-refractivity contribution in [1.82, 2.24) is 15.0 Å². The molecule has 2 aromatic heterocycles. The number of pyridine rings is 1. The molecule has 0 saturated heterocycles. The van der Waals surface area contributed by atoms with Gasteiger partial charge in [0.2, 0.25) is 11.7 Å². The van der Waals surface area contributed by atoms with Crippen molar-refractivity contribution in [2.24, 2.45) is 0 Å². The summed E-state index contributed by atoms with van der Waals surface area (Å²) in [7, 11) is -16.3. The minimum Gasteiger partial charge on any atom is -0.790 e. The number of aromatic nitrogens is 3. The zero-order valence-electron chi connectivity index (χ0n) is 39.1. The monoisotopic (exact) mass is 642 g/mol. The summed E-state index contributed by atoms with van der Waals surface area (Å²) >= 11 is 0. The second-order valence-corrected chi connectivity index (χ2v) is 8.33. The van der Waals surface area contributed by atoms with Gasteiger partial charge in [0.15, 0.2) is 40.3 Å². The molecule has 214 valence electrons. The first-order valence-corrected chi connectivity index (χ1v) is 11.5. The van der Waals surface area contributed by atoms with Crippen LogP contribution in [-0.4, -0.2) is 54.3 Å². The van der Waals surface area contributed by atoms with E-state index in [2.05, 4.69) is 30.1 Å². The normalized spacial score (nSPS) is 21.7. The molecule has 1 aromatic carbocycles. The number of nitrogens with zero attached hydrogens (tertiary/aromatic N) is 4. The summed E-state index contributed by atoms with van der Waals surface area (Å²) in [6.07, 6.45) is -1.20. The van der Waals surface area contributed by atoms with Gasteiger partial charge in [-0.2, -0.15) is 4.98 Å². The second kappa shape index (κ2) is 14.5. The van der Waals surface area contributed by atoms with E-state index in [1.54, 1.807) is 0 Å². The average molecular weight is 643 g/mol. The second-order valence-electron chi connectivity index (χ2n) is 7.25. The number of benzene rings is 1. The minimum atomic E-state index is -6.40. The van der Waals surface area contributed by atoms with Gasteiger partial charge < -0.3 is 48.5 Å². The van der Waals surface area contributed by atoms with E-state index in [9.17, 15) is 19.1 Å². The zero-order chi connectivity index (χ0) is 44.4.